The third kappa shape index (κ3) is 4.07. The molecule has 1 atom stereocenters. The normalized spacial score (nSPS) is 20.1. The summed E-state index contributed by atoms with van der Waals surface area (Å²) in [7, 11) is 2.21. The zero-order chi connectivity index (χ0) is 12.8. The summed E-state index contributed by atoms with van der Waals surface area (Å²) >= 11 is 0. The molecule has 5 nitrogen and oxygen atoms in total. The second-order valence-corrected chi connectivity index (χ2v) is 5.40. The smallest absolute Gasteiger partial charge is 0.0692 e. The van der Waals surface area contributed by atoms with Crippen LogP contribution in [0.1, 0.15) is 26.2 Å². The van der Waals surface area contributed by atoms with E-state index in [0.717, 1.165) is 25.4 Å². The maximum atomic E-state index is 3.96. The Hall–Kier alpha value is -0.940. The first-order chi connectivity index (χ1) is 8.75. The summed E-state index contributed by atoms with van der Waals surface area (Å²) in [6, 6.07) is 0.634. The van der Waals surface area contributed by atoms with E-state index in [1.807, 2.05) is 10.9 Å². The van der Waals surface area contributed by atoms with Gasteiger partial charge in [0, 0.05) is 18.8 Å². The highest BCUT2D eigenvalue weighted by Gasteiger charge is 2.21. The van der Waals surface area contributed by atoms with Gasteiger partial charge in [0.1, 0.15) is 0 Å². The highest BCUT2D eigenvalue weighted by atomic mass is 15.4. The lowest BCUT2D eigenvalue weighted by Crippen LogP contribution is -2.41. The van der Waals surface area contributed by atoms with Gasteiger partial charge in [-0.1, -0.05) is 5.21 Å². The molecule has 1 aromatic heterocycles. The average Bonchev–Trinajstić information content (AvgIpc) is 2.88. The van der Waals surface area contributed by atoms with Crippen LogP contribution in [-0.2, 0) is 6.54 Å². The maximum Gasteiger partial charge on any atom is 0.0692 e. The predicted molar refractivity (Wildman–Crippen MR) is 72.3 cm³/mol. The summed E-state index contributed by atoms with van der Waals surface area (Å²) in [4.78, 5) is 2.42. The second-order valence-electron chi connectivity index (χ2n) is 5.40. The van der Waals surface area contributed by atoms with Crippen LogP contribution < -0.4 is 5.32 Å². The summed E-state index contributed by atoms with van der Waals surface area (Å²) in [5.41, 5.74) is 0. The molecule has 0 saturated carbocycles. The monoisotopic (exact) mass is 251 g/mol. The van der Waals surface area contributed by atoms with Crippen LogP contribution in [0.5, 0.6) is 0 Å². The molecule has 2 rings (SSSR count). The number of likely N-dealkylation sites (tertiary alicyclic amines) is 1. The van der Waals surface area contributed by atoms with Gasteiger partial charge >= 0.3 is 0 Å². The quantitative estimate of drug-likeness (QED) is 0.766. The minimum atomic E-state index is 0.634. The molecule has 0 amide bonds. The van der Waals surface area contributed by atoms with Gasteiger partial charge in [0.05, 0.1) is 6.20 Å². The number of hydrogen-bond acceptors (Lipinski definition) is 4. The fraction of sp³-hybridized carbons (Fsp3) is 0.846. The number of piperidine rings is 1. The fourth-order valence-electron chi connectivity index (χ4n) is 2.62. The summed E-state index contributed by atoms with van der Waals surface area (Å²) in [5, 5.41) is 11.4. The van der Waals surface area contributed by atoms with Crippen molar-refractivity contribution in [2.75, 3.05) is 26.7 Å². The van der Waals surface area contributed by atoms with Crippen LogP contribution in [0.4, 0.5) is 0 Å². The molecule has 0 spiro atoms. The van der Waals surface area contributed by atoms with Crippen molar-refractivity contribution < 1.29 is 0 Å². The molecule has 2 heterocycles. The zero-order valence-electron chi connectivity index (χ0n) is 11.5. The summed E-state index contributed by atoms with van der Waals surface area (Å²) in [6.45, 7) is 6.83. The molecular formula is C13H25N5. The molecule has 1 aromatic rings. The SMILES string of the molecule is CC(NCCCn1ccnn1)C1CCN(C)CC1. The van der Waals surface area contributed by atoms with Crippen molar-refractivity contribution >= 4 is 0 Å². The van der Waals surface area contributed by atoms with Crippen LogP contribution in [0.15, 0.2) is 12.4 Å². The van der Waals surface area contributed by atoms with Crippen molar-refractivity contribution in [2.45, 2.75) is 38.8 Å². The molecule has 1 N–H and O–H groups in total. The summed E-state index contributed by atoms with van der Waals surface area (Å²) in [6.07, 6.45) is 7.41. The first-order valence-electron chi connectivity index (χ1n) is 7.02. The first kappa shape index (κ1) is 13.5. The Labute approximate surface area is 110 Å². The van der Waals surface area contributed by atoms with Crippen molar-refractivity contribution in [2.24, 2.45) is 5.92 Å². The number of aromatic nitrogens is 3. The number of nitrogens with one attached hydrogen (secondary N) is 1. The van der Waals surface area contributed by atoms with Gasteiger partial charge in [0.2, 0.25) is 0 Å². The highest BCUT2D eigenvalue weighted by molar-refractivity contribution is 4.78. The Morgan fingerprint density at radius 2 is 2.17 bits per heavy atom. The van der Waals surface area contributed by atoms with Crippen molar-refractivity contribution in [1.82, 2.24) is 25.2 Å². The van der Waals surface area contributed by atoms with Crippen molar-refractivity contribution in [3.8, 4) is 0 Å². The van der Waals surface area contributed by atoms with Crippen LogP contribution in [0.25, 0.3) is 0 Å². The third-order valence-corrected chi connectivity index (χ3v) is 3.97. The van der Waals surface area contributed by atoms with Crippen molar-refractivity contribution in [3.05, 3.63) is 12.4 Å². The molecule has 1 unspecified atom stereocenters. The van der Waals surface area contributed by atoms with Gasteiger partial charge in [-0.3, -0.25) is 4.68 Å². The van der Waals surface area contributed by atoms with Crippen molar-refractivity contribution in [3.63, 3.8) is 0 Å². The number of aryl methyl sites for hydroxylation is 1. The molecule has 18 heavy (non-hydrogen) atoms. The topological polar surface area (TPSA) is 46.0 Å². The van der Waals surface area contributed by atoms with Gasteiger partial charge in [-0.05, 0) is 58.8 Å². The van der Waals surface area contributed by atoms with Gasteiger partial charge in [-0.15, -0.1) is 5.10 Å². The van der Waals surface area contributed by atoms with Crippen LogP contribution in [-0.4, -0.2) is 52.6 Å². The van der Waals surface area contributed by atoms with E-state index >= 15 is 0 Å². The van der Waals surface area contributed by atoms with E-state index in [1.54, 1.807) is 6.20 Å². The molecule has 0 aromatic carbocycles. The molecule has 5 heteroatoms. The standard InChI is InChI=1S/C13H25N5/c1-12(13-4-9-17(2)10-5-13)14-6-3-8-18-11-7-15-16-18/h7,11-14H,3-6,8-10H2,1-2H3. The molecule has 0 radical (unpaired) electrons. The maximum absolute atomic E-state index is 3.96. The Bertz CT molecular complexity index is 316. The predicted octanol–water partition coefficient (Wildman–Crippen LogP) is 0.988. The lowest BCUT2D eigenvalue weighted by Gasteiger charge is -2.33. The Morgan fingerprint density at radius 3 is 2.83 bits per heavy atom. The van der Waals surface area contributed by atoms with Gasteiger partial charge in [0.25, 0.3) is 0 Å². The summed E-state index contributed by atoms with van der Waals surface area (Å²) in [5.74, 6) is 0.840. The largest absolute Gasteiger partial charge is 0.314 e. The van der Waals surface area contributed by atoms with Crippen LogP contribution >= 0.6 is 0 Å². The molecular weight excluding hydrogens is 226 g/mol. The second kappa shape index (κ2) is 6.85. The molecule has 102 valence electrons. The van der Waals surface area contributed by atoms with Gasteiger partial charge in [-0.25, -0.2) is 0 Å². The highest BCUT2D eigenvalue weighted by Crippen LogP contribution is 2.19. The molecule has 1 aliphatic rings. The lowest BCUT2D eigenvalue weighted by atomic mass is 9.90. The van der Waals surface area contributed by atoms with E-state index in [-0.39, 0.29) is 0 Å². The Morgan fingerprint density at radius 1 is 1.39 bits per heavy atom. The fourth-order valence-corrected chi connectivity index (χ4v) is 2.62. The minimum Gasteiger partial charge on any atom is -0.314 e. The average molecular weight is 251 g/mol. The molecule has 1 saturated heterocycles. The van der Waals surface area contributed by atoms with E-state index in [2.05, 4.69) is 34.5 Å². The van der Waals surface area contributed by atoms with E-state index in [0.29, 0.717) is 6.04 Å². The van der Waals surface area contributed by atoms with E-state index in [4.69, 9.17) is 0 Å². The Kier molecular flexibility index (Phi) is 5.13. The van der Waals surface area contributed by atoms with Gasteiger partial charge < -0.3 is 10.2 Å². The van der Waals surface area contributed by atoms with Crippen molar-refractivity contribution in [1.29, 1.82) is 0 Å². The third-order valence-electron chi connectivity index (χ3n) is 3.97. The Balaban J connectivity index is 1.58. The van der Waals surface area contributed by atoms with E-state index < -0.39 is 0 Å². The number of nitrogens with zero attached hydrogens (tertiary/aromatic N) is 4. The van der Waals surface area contributed by atoms with E-state index in [1.165, 1.54) is 25.9 Å². The molecule has 1 fully saturated rings. The molecule has 1 aliphatic heterocycles. The van der Waals surface area contributed by atoms with E-state index in [9.17, 15) is 0 Å². The van der Waals surface area contributed by atoms with Crippen LogP contribution in [0, 0.1) is 5.92 Å². The van der Waals surface area contributed by atoms with Gasteiger partial charge in [0.15, 0.2) is 0 Å². The molecule has 0 aliphatic carbocycles. The first-order valence-corrected chi connectivity index (χ1v) is 7.02. The van der Waals surface area contributed by atoms with Crippen LogP contribution in [0.3, 0.4) is 0 Å². The number of hydrogen-bond donors (Lipinski definition) is 1. The summed E-state index contributed by atoms with van der Waals surface area (Å²) < 4.78 is 1.89. The molecule has 0 bridgehead atoms. The lowest BCUT2D eigenvalue weighted by molar-refractivity contribution is 0.190. The minimum absolute atomic E-state index is 0.634. The van der Waals surface area contributed by atoms with Crippen LogP contribution in [0.2, 0.25) is 0 Å². The van der Waals surface area contributed by atoms with Gasteiger partial charge in [-0.2, -0.15) is 0 Å². The zero-order valence-corrected chi connectivity index (χ0v) is 11.5. The number of rotatable bonds is 6.